The molecule has 0 N–H and O–H groups in total. The zero-order valence-electron chi connectivity index (χ0n) is 14.3. The van der Waals surface area contributed by atoms with E-state index < -0.39 is 4.92 Å². The molecule has 0 spiro atoms. The lowest BCUT2D eigenvalue weighted by atomic mass is 10.1. The van der Waals surface area contributed by atoms with Crippen LogP contribution >= 0.6 is 0 Å². The molecule has 6 nitrogen and oxygen atoms in total. The van der Waals surface area contributed by atoms with Crippen molar-refractivity contribution in [2.45, 2.75) is 6.54 Å². The minimum atomic E-state index is -0.444. The summed E-state index contributed by atoms with van der Waals surface area (Å²) in [5, 5.41) is 11.8. The maximum atomic E-state index is 12.8. The zero-order valence-corrected chi connectivity index (χ0v) is 14.3. The Morgan fingerprint density at radius 3 is 2.26 bits per heavy atom. The van der Waals surface area contributed by atoms with Gasteiger partial charge in [0.1, 0.15) is 0 Å². The number of nitro benzene ring substituents is 1. The Morgan fingerprint density at radius 2 is 1.59 bits per heavy atom. The number of nitro groups is 1. The van der Waals surface area contributed by atoms with Crippen LogP contribution in [0.4, 0.5) is 5.69 Å². The van der Waals surface area contributed by atoms with Crippen LogP contribution in [-0.4, -0.2) is 14.5 Å². The number of aromatic nitrogens is 2. The minimum absolute atomic E-state index is 0.0357. The maximum absolute atomic E-state index is 12.8. The number of nitrogens with zero attached hydrogens (tertiary/aromatic N) is 3. The van der Waals surface area contributed by atoms with Crippen LogP contribution in [0.25, 0.3) is 22.2 Å². The number of benzene rings is 3. The molecule has 1 heterocycles. The summed E-state index contributed by atoms with van der Waals surface area (Å²) < 4.78 is 1.54. The minimum Gasteiger partial charge on any atom is -0.287 e. The molecule has 1 aromatic heterocycles. The van der Waals surface area contributed by atoms with Gasteiger partial charge in [-0.15, -0.1) is 0 Å². The van der Waals surface area contributed by atoms with Gasteiger partial charge in [-0.05, 0) is 11.6 Å². The Hall–Kier alpha value is -3.80. The molecule has 0 aliphatic carbocycles. The molecule has 0 atom stereocenters. The van der Waals surface area contributed by atoms with Gasteiger partial charge in [0.05, 0.1) is 22.7 Å². The van der Waals surface area contributed by atoms with Gasteiger partial charge in [-0.1, -0.05) is 60.7 Å². The Labute approximate surface area is 154 Å². The lowest BCUT2D eigenvalue weighted by Gasteiger charge is -2.13. The van der Waals surface area contributed by atoms with Gasteiger partial charge in [0.2, 0.25) is 0 Å². The standard InChI is InChI=1S/C21H15N3O3/c25-21-22-20(16-9-5-2-6-10-16)18-13-17(24(26)27)11-12-19(18)23(21)14-15-7-3-1-4-8-15/h1-13H,14H2. The predicted octanol–water partition coefficient (Wildman–Crippen LogP) is 4.02. The summed E-state index contributed by atoms with van der Waals surface area (Å²) >= 11 is 0. The van der Waals surface area contributed by atoms with E-state index in [1.54, 1.807) is 10.6 Å². The van der Waals surface area contributed by atoms with Crippen molar-refractivity contribution in [3.63, 3.8) is 0 Å². The molecule has 0 bridgehead atoms. The second kappa shape index (κ2) is 6.84. The first-order valence-electron chi connectivity index (χ1n) is 8.42. The Balaban J connectivity index is 1.99. The Kier molecular flexibility index (Phi) is 4.22. The van der Waals surface area contributed by atoms with E-state index in [1.165, 1.54) is 12.1 Å². The largest absolute Gasteiger partial charge is 0.348 e. The van der Waals surface area contributed by atoms with E-state index in [0.29, 0.717) is 23.1 Å². The molecule has 0 unspecified atom stereocenters. The highest BCUT2D eigenvalue weighted by Crippen LogP contribution is 2.28. The van der Waals surface area contributed by atoms with Gasteiger partial charge in [-0.2, -0.15) is 4.98 Å². The van der Waals surface area contributed by atoms with Gasteiger partial charge < -0.3 is 0 Å². The van der Waals surface area contributed by atoms with Crippen LogP contribution in [-0.2, 0) is 6.54 Å². The first-order valence-corrected chi connectivity index (χ1v) is 8.42. The quantitative estimate of drug-likeness (QED) is 0.408. The summed E-state index contributed by atoms with van der Waals surface area (Å²) in [5.74, 6) is 0. The van der Waals surface area contributed by atoms with Crippen LogP contribution in [0.2, 0.25) is 0 Å². The fraction of sp³-hybridized carbons (Fsp3) is 0.0476. The number of hydrogen-bond donors (Lipinski definition) is 0. The van der Waals surface area contributed by atoms with Gasteiger partial charge in [-0.3, -0.25) is 14.7 Å². The van der Waals surface area contributed by atoms with E-state index in [0.717, 1.165) is 11.1 Å². The fourth-order valence-corrected chi connectivity index (χ4v) is 3.12. The molecule has 4 aromatic rings. The van der Waals surface area contributed by atoms with E-state index >= 15 is 0 Å². The van der Waals surface area contributed by atoms with Crippen molar-refractivity contribution >= 4 is 16.6 Å². The third kappa shape index (κ3) is 3.20. The summed E-state index contributed by atoms with van der Waals surface area (Å²) in [7, 11) is 0. The second-order valence-electron chi connectivity index (χ2n) is 6.14. The van der Waals surface area contributed by atoms with Gasteiger partial charge in [0.25, 0.3) is 5.69 Å². The molecule has 0 radical (unpaired) electrons. The SMILES string of the molecule is O=c1nc(-c2ccccc2)c2cc([N+](=O)[O-])ccc2n1Cc1ccccc1. The van der Waals surface area contributed by atoms with Crippen molar-refractivity contribution in [2.24, 2.45) is 0 Å². The molecular formula is C21H15N3O3. The van der Waals surface area contributed by atoms with Crippen LogP contribution in [0.5, 0.6) is 0 Å². The summed E-state index contributed by atoms with van der Waals surface area (Å²) in [4.78, 5) is 27.8. The predicted molar refractivity (Wildman–Crippen MR) is 104 cm³/mol. The van der Waals surface area contributed by atoms with Crippen molar-refractivity contribution in [1.82, 2.24) is 9.55 Å². The molecule has 0 aliphatic heterocycles. The first-order chi connectivity index (χ1) is 13.1. The summed E-state index contributed by atoms with van der Waals surface area (Å²) in [6.07, 6.45) is 0. The van der Waals surface area contributed by atoms with Gasteiger partial charge in [0, 0.05) is 23.1 Å². The molecule has 3 aromatic carbocycles. The molecule has 0 saturated heterocycles. The van der Waals surface area contributed by atoms with Crippen molar-refractivity contribution in [2.75, 3.05) is 0 Å². The average molecular weight is 357 g/mol. The van der Waals surface area contributed by atoms with Crippen molar-refractivity contribution in [3.8, 4) is 11.3 Å². The molecule has 132 valence electrons. The summed E-state index contributed by atoms with van der Waals surface area (Å²) in [6.45, 7) is 0.343. The Morgan fingerprint density at radius 1 is 0.926 bits per heavy atom. The van der Waals surface area contributed by atoms with Gasteiger partial charge in [-0.25, -0.2) is 4.79 Å². The van der Waals surface area contributed by atoms with E-state index in [9.17, 15) is 14.9 Å². The molecular weight excluding hydrogens is 342 g/mol. The van der Waals surface area contributed by atoms with Crippen LogP contribution < -0.4 is 5.69 Å². The number of hydrogen-bond acceptors (Lipinski definition) is 4. The lowest BCUT2D eigenvalue weighted by Crippen LogP contribution is -2.24. The summed E-state index contributed by atoms with van der Waals surface area (Å²) in [5.41, 5.74) is 2.33. The van der Waals surface area contributed by atoms with E-state index in [1.807, 2.05) is 60.7 Å². The third-order valence-corrected chi connectivity index (χ3v) is 4.41. The first kappa shape index (κ1) is 16.7. The highest BCUT2D eigenvalue weighted by atomic mass is 16.6. The monoisotopic (exact) mass is 357 g/mol. The van der Waals surface area contributed by atoms with Crippen LogP contribution in [0.3, 0.4) is 0 Å². The number of non-ortho nitro benzene ring substituents is 1. The molecule has 0 amide bonds. The highest BCUT2D eigenvalue weighted by molar-refractivity contribution is 5.93. The molecule has 6 heteroatoms. The van der Waals surface area contributed by atoms with E-state index in [-0.39, 0.29) is 11.4 Å². The van der Waals surface area contributed by atoms with Crippen molar-refractivity contribution in [3.05, 3.63) is 105 Å². The smallest absolute Gasteiger partial charge is 0.287 e. The topological polar surface area (TPSA) is 78.0 Å². The van der Waals surface area contributed by atoms with Crippen molar-refractivity contribution in [1.29, 1.82) is 0 Å². The van der Waals surface area contributed by atoms with E-state index in [2.05, 4.69) is 4.98 Å². The lowest BCUT2D eigenvalue weighted by molar-refractivity contribution is -0.384. The summed E-state index contributed by atoms with van der Waals surface area (Å²) in [6, 6.07) is 23.3. The van der Waals surface area contributed by atoms with E-state index in [4.69, 9.17) is 0 Å². The number of rotatable bonds is 4. The highest BCUT2D eigenvalue weighted by Gasteiger charge is 2.16. The van der Waals surface area contributed by atoms with Crippen molar-refractivity contribution < 1.29 is 4.92 Å². The van der Waals surface area contributed by atoms with Gasteiger partial charge in [0.15, 0.2) is 0 Å². The fourth-order valence-electron chi connectivity index (χ4n) is 3.12. The zero-order chi connectivity index (χ0) is 18.8. The van der Waals surface area contributed by atoms with Crippen LogP contribution in [0.1, 0.15) is 5.56 Å². The van der Waals surface area contributed by atoms with Crippen LogP contribution in [0.15, 0.2) is 83.7 Å². The molecule has 0 saturated carbocycles. The molecule has 27 heavy (non-hydrogen) atoms. The maximum Gasteiger partial charge on any atom is 0.348 e. The van der Waals surface area contributed by atoms with Gasteiger partial charge >= 0.3 is 5.69 Å². The normalized spacial score (nSPS) is 10.8. The third-order valence-electron chi connectivity index (χ3n) is 4.41. The van der Waals surface area contributed by atoms with Crippen LogP contribution in [0, 0.1) is 10.1 Å². The second-order valence-corrected chi connectivity index (χ2v) is 6.14. The average Bonchev–Trinajstić information content (AvgIpc) is 2.71. The number of fused-ring (bicyclic) bond motifs is 1. The molecule has 0 fully saturated rings. The molecule has 4 rings (SSSR count). The molecule has 0 aliphatic rings. The Bertz CT molecular complexity index is 1190.